The molecule has 3 heterocycles. The number of nitrogens with zero attached hydrogens (tertiary/aromatic N) is 4. The number of carbonyl (C=O) groups excluding carboxylic acids is 3. The predicted molar refractivity (Wildman–Crippen MR) is 163 cm³/mol. The van der Waals surface area contributed by atoms with Gasteiger partial charge in [-0.2, -0.15) is 5.10 Å². The molecule has 0 radical (unpaired) electrons. The molecule has 4 amide bonds. The fourth-order valence-electron chi connectivity index (χ4n) is 6.89. The number of amides is 4. The van der Waals surface area contributed by atoms with Crippen LogP contribution in [0, 0.1) is 23.7 Å². The van der Waals surface area contributed by atoms with E-state index in [0.717, 1.165) is 50.0 Å². The molecule has 0 spiro atoms. The Balaban J connectivity index is 1.16. The molecule has 3 atom stereocenters. The van der Waals surface area contributed by atoms with Gasteiger partial charge in [-0.1, -0.05) is 19.9 Å². The minimum atomic E-state index is -0.602. The SMILES string of the molecule is CC(C)[C@@H]1CN(CC2Cc3ccc(NC(=O)[C@@H](NC(=O)c4ccnn4C(C)C)C(C4CC4)C4CC4)cc3N2C)C(=O)N1. The average molecular weight is 576 g/mol. The van der Waals surface area contributed by atoms with Crippen molar-refractivity contribution in [2.24, 2.45) is 23.7 Å². The Morgan fingerprint density at radius 1 is 1.07 bits per heavy atom. The van der Waals surface area contributed by atoms with Crippen LogP contribution < -0.4 is 20.9 Å². The largest absolute Gasteiger partial charge is 0.369 e. The molecule has 226 valence electrons. The number of hydrogen-bond acceptors (Lipinski definition) is 5. The summed E-state index contributed by atoms with van der Waals surface area (Å²) in [6.45, 7) is 9.64. The molecule has 3 fully saturated rings. The zero-order valence-corrected chi connectivity index (χ0v) is 25.5. The van der Waals surface area contributed by atoms with Crippen LogP contribution in [0.5, 0.6) is 0 Å². The molecule has 2 aromatic rings. The van der Waals surface area contributed by atoms with E-state index < -0.39 is 6.04 Å². The summed E-state index contributed by atoms with van der Waals surface area (Å²) in [4.78, 5) is 44.1. The first-order valence-electron chi connectivity index (χ1n) is 15.7. The smallest absolute Gasteiger partial charge is 0.317 e. The van der Waals surface area contributed by atoms with Crippen LogP contribution in [0.2, 0.25) is 0 Å². The van der Waals surface area contributed by atoms with Crippen LogP contribution in [0.1, 0.15) is 75.5 Å². The second-order valence-electron chi connectivity index (χ2n) is 13.5. The quantitative estimate of drug-likeness (QED) is 0.374. The summed E-state index contributed by atoms with van der Waals surface area (Å²) >= 11 is 0. The molecule has 10 nitrogen and oxygen atoms in total. The molecule has 3 N–H and O–H groups in total. The van der Waals surface area contributed by atoms with Crippen LogP contribution in [0.15, 0.2) is 30.5 Å². The van der Waals surface area contributed by atoms with Crippen molar-refractivity contribution >= 4 is 29.2 Å². The first-order chi connectivity index (χ1) is 20.1. The Kier molecular flexibility index (Phi) is 7.66. The molecule has 2 saturated carbocycles. The highest BCUT2D eigenvalue weighted by atomic mass is 16.2. The molecule has 1 saturated heterocycles. The van der Waals surface area contributed by atoms with Crippen LogP contribution in [0.4, 0.5) is 16.2 Å². The highest BCUT2D eigenvalue weighted by molar-refractivity contribution is 6.01. The van der Waals surface area contributed by atoms with Crippen LogP contribution in [-0.4, -0.2) is 70.8 Å². The lowest BCUT2D eigenvalue weighted by molar-refractivity contribution is -0.119. The van der Waals surface area contributed by atoms with Gasteiger partial charge < -0.3 is 25.8 Å². The zero-order valence-electron chi connectivity index (χ0n) is 25.5. The summed E-state index contributed by atoms with van der Waals surface area (Å²) in [7, 11) is 2.06. The molecule has 10 heteroatoms. The molecule has 2 aliphatic carbocycles. The van der Waals surface area contributed by atoms with Gasteiger partial charge in [0, 0.05) is 43.8 Å². The van der Waals surface area contributed by atoms with E-state index in [-0.39, 0.29) is 41.9 Å². The molecular formula is C32H45N7O3. The number of anilines is 2. The van der Waals surface area contributed by atoms with Gasteiger partial charge in [-0.25, -0.2) is 4.79 Å². The van der Waals surface area contributed by atoms with Crippen molar-refractivity contribution in [2.75, 3.05) is 30.4 Å². The van der Waals surface area contributed by atoms with E-state index in [2.05, 4.69) is 52.9 Å². The van der Waals surface area contributed by atoms with E-state index in [0.29, 0.717) is 30.0 Å². The molecule has 42 heavy (non-hydrogen) atoms. The lowest BCUT2D eigenvalue weighted by Crippen LogP contribution is -2.50. The van der Waals surface area contributed by atoms with Crippen molar-refractivity contribution in [1.29, 1.82) is 0 Å². The Morgan fingerprint density at radius 3 is 2.40 bits per heavy atom. The molecule has 1 aromatic carbocycles. The van der Waals surface area contributed by atoms with Crippen molar-refractivity contribution in [3.05, 3.63) is 41.7 Å². The Hall–Kier alpha value is -3.56. The van der Waals surface area contributed by atoms with Gasteiger partial charge in [-0.3, -0.25) is 14.3 Å². The Labute approximate surface area is 248 Å². The highest BCUT2D eigenvalue weighted by Gasteiger charge is 2.48. The van der Waals surface area contributed by atoms with Crippen molar-refractivity contribution in [3.63, 3.8) is 0 Å². The van der Waals surface area contributed by atoms with Crippen LogP contribution in [0.3, 0.4) is 0 Å². The number of fused-ring (bicyclic) bond motifs is 1. The lowest BCUT2D eigenvalue weighted by atomic mass is 9.88. The third kappa shape index (κ3) is 5.72. The summed E-state index contributed by atoms with van der Waals surface area (Å²) in [5, 5.41) is 13.7. The summed E-state index contributed by atoms with van der Waals surface area (Å²) in [6.07, 6.45) is 6.94. The topological polar surface area (TPSA) is 112 Å². The van der Waals surface area contributed by atoms with Crippen molar-refractivity contribution in [3.8, 4) is 0 Å². The van der Waals surface area contributed by atoms with Gasteiger partial charge in [0.25, 0.3) is 5.91 Å². The maximum Gasteiger partial charge on any atom is 0.317 e. The molecule has 1 aromatic heterocycles. The number of likely N-dealkylation sites (N-methyl/N-ethyl adjacent to an activating group) is 1. The van der Waals surface area contributed by atoms with Crippen molar-refractivity contribution < 1.29 is 14.4 Å². The van der Waals surface area contributed by atoms with E-state index in [1.54, 1.807) is 16.9 Å². The van der Waals surface area contributed by atoms with Crippen molar-refractivity contribution in [2.45, 2.75) is 84.0 Å². The van der Waals surface area contributed by atoms with Gasteiger partial charge in [0.15, 0.2) is 0 Å². The molecule has 4 aliphatic rings. The van der Waals surface area contributed by atoms with Gasteiger partial charge in [-0.05, 0) is 93.4 Å². The number of nitrogens with one attached hydrogen (secondary N) is 3. The minimum absolute atomic E-state index is 0.0106. The van der Waals surface area contributed by atoms with Gasteiger partial charge in [-0.15, -0.1) is 0 Å². The van der Waals surface area contributed by atoms with E-state index in [4.69, 9.17) is 0 Å². The second kappa shape index (κ2) is 11.3. The maximum absolute atomic E-state index is 13.9. The van der Waals surface area contributed by atoms with Crippen molar-refractivity contribution in [1.82, 2.24) is 25.3 Å². The Bertz CT molecular complexity index is 1330. The first-order valence-corrected chi connectivity index (χ1v) is 15.7. The standard InChI is InChI=1S/C32H45N7O3/c1-18(2)25-17-38(32(42)35-25)16-24-14-22-10-11-23(15-27(22)37(24)5)34-31(41)29(28(20-6-7-20)21-8-9-21)36-30(40)26-12-13-33-39(26)19(3)4/h10-13,15,18-21,24-25,28-29H,6-9,14,16-17H2,1-5H3,(H,34,41)(H,35,42)(H,36,40)/t24?,25-,29-/m0/s1. The number of urea groups is 1. The number of carbonyl (C=O) groups is 3. The number of aromatic nitrogens is 2. The second-order valence-corrected chi connectivity index (χ2v) is 13.5. The highest BCUT2D eigenvalue weighted by Crippen LogP contribution is 2.51. The number of benzene rings is 1. The molecule has 2 aliphatic heterocycles. The van der Waals surface area contributed by atoms with Gasteiger partial charge >= 0.3 is 6.03 Å². The monoisotopic (exact) mass is 575 g/mol. The maximum atomic E-state index is 13.9. The fourth-order valence-corrected chi connectivity index (χ4v) is 6.89. The molecule has 6 rings (SSSR count). The number of hydrogen-bond donors (Lipinski definition) is 3. The third-order valence-corrected chi connectivity index (χ3v) is 9.66. The summed E-state index contributed by atoms with van der Waals surface area (Å²) in [6, 6.07) is 7.60. The summed E-state index contributed by atoms with van der Waals surface area (Å²) in [5.74, 6) is 1.09. The lowest BCUT2D eigenvalue weighted by Gasteiger charge is -2.28. The fraction of sp³-hybridized carbons (Fsp3) is 0.625. The average Bonchev–Trinajstić information content (AvgIpc) is 3.86. The van der Waals surface area contributed by atoms with E-state index in [1.807, 2.05) is 30.9 Å². The van der Waals surface area contributed by atoms with Gasteiger partial charge in [0.05, 0.1) is 12.1 Å². The van der Waals surface area contributed by atoms with E-state index >= 15 is 0 Å². The molecule has 0 bridgehead atoms. The third-order valence-electron chi connectivity index (χ3n) is 9.66. The van der Waals surface area contributed by atoms with Gasteiger partial charge in [0.1, 0.15) is 11.7 Å². The normalized spacial score (nSPS) is 22.6. The van der Waals surface area contributed by atoms with Crippen LogP contribution in [0.25, 0.3) is 0 Å². The first kappa shape index (κ1) is 28.6. The number of rotatable bonds is 11. The predicted octanol–water partition coefficient (Wildman–Crippen LogP) is 4.05. The van der Waals surface area contributed by atoms with Crippen LogP contribution >= 0.6 is 0 Å². The Morgan fingerprint density at radius 2 is 1.79 bits per heavy atom. The molecule has 1 unspecified atom stereocenters. The van der Waals surface area contributed by atoms with Crippen LogP contribution in [-0.2, 0) is 11.2 Å². The van der Waals surface area contributed by atoms with E-state index in [1.165, 1.54) is 5.56 Å². The summed E-state index contributed by atoms with van der Waals surface area (Å²) in [5.41, 5.74) is 3.48. The molecular weight excluding hydrogens is 530 g/mol. The van der Waals surface area contributed by atoms with Gasteiger partial charge in [0.2, 0.25) is 5.91 Å². The minimum Gasteiger partial charge on any atom is -0.369 e. The summed E-state index contributed by atoms with van der Waals surface area (Å²) < 4.78 is 1.70. The van der Waals surface area contributed by atoms with E-state index in [9.17, 15) is 14.4 Å². The zero-order chi connectivity index (χ0) is 29.7.